The molecule has 0 amide bonds. The molecule has 0 heterocycles. The Morgan fingerprint density at radius 3 is 0.538 bits per heavy atom. The Morgan fingerprint density at radius 2 is 0.538 bits per heavy atom. The molecule has 0 aliphatic heterocycles. The summed E-state index contributed by atoms with van der Waals surface area (Å²) in [7, 11) is 0. The molecular weight excluding hydrogens is 291 g/mol. The summed E-state index contributed by atoms with van der Waals surface area (Å²) in [5.41, 5.74) is 0. The van der Waals surface area contributed by atoms with Crippen LogP contribution in [0.1, 0.15) is 0 Å². The first-order valence-electron chi connectivity index (χ1n) is 1.71. The van der Waals surface area contributed by atoms with Crippen LogP contribution in [0, 0.1) is 42.7 Å². The predicted molar refractivity (Wildman–Crippen MR) is 51.9 cm³/mol. The van der Waals surface area contributed by atoms with Crippen molar-refractivity contribution in [3.63, 3.8) is 0 Å². The van der Waals surface area contributed by atoms with Gasteiger partial charge in [0, 0.05) is 0 Å². The molecule has 0 N–H and O–H groups in total. The van der Waals surface area contributed by atoms with E-state index in [1.807, 2.05) is 0 Å². The SMILES string of the molecule is N#C[S-].N#C[S-].N#C[S-].N#C[S-].[Ni+2]. The Bertz CT molecular complexity index is 158. The molecule has 0 aromatic carbocycles. The Kier molecular flexibility index (Phi) is 247. The Balaban J connectivity index is -0.0000000213. The summed E-state index contributed by atoms with van der Waals surface area (Å²) in [6.07, 6.45) is 0. The molecule has 0 rings (SSSR count). The van der Waals surface area contributed by atoms with Crippen molar-refractivity contribution in [2.45, 2.75) is 0 Å². The van der Waals surface area contributed by atoms with Crippen LogP contribution in [0.5, 0.6) is 0 Å². The van der Waals surface area contributed by atoms with Crippen LogP contribution >= 0.6 is 0 Å². The van der Waals surface area contributed by atoms with E-state index in [1.165, 1.54) is 21.6 Å². The molecule has 0 radical (unpaired) electrons. The number of thiocyanates is 4. The standard InChI is InChI=1S/4CHNS.Ni/c4*2-1-3;/h4*3H;/q;;;;+2/p-4. The number of nitriles is 4. The molecule has 0 aromatic rings. The summed E-state index contributed by atoms with van der Waals surface area (Å²) in [6.45, 7) is 0. The molecule has 0 aliphatic rings. The van der Waals surface area contributed by atoms with Gasteiger partial charge >= 0.3 is 16.5 Å². The summed E-state index contributed by atoms with van der Waals surface area (Å²) in [5, 5.41) is 33.9. The van der Waals surface area contributed by atoms with Crippen LogP contribution < -0.4 is 0 Å². The second-order valence-electron chi connectivity index (χ2n) is 0.365. The van der Waals surface area contributed by atoms with E-state index in [0.717, 1.165) is 0 Å². The second-order valence-corrected chi connectivity index (χ2v) is 1.10. The quantitative estimate of drug-likeness (QED) is 0.351. The molecule has 9 heteroatoms. The fourth-order valence-electron chi connectivity index (χ4n) is 0. The minimum Gasteiger partial charge on any atom is -0.696 e. The van der Waals surface area contributed by atoms with Crippen molar-refractivity contribution in [2.24, 2.45) is 0 Å². The zero-order valence-corrected chi connectivity index (χ0v) is 9.99. The van der Waals surface area contributed by atoms with Crippen molar-refractivity contribution in [3.8, 4) is 21.6 Å². The molecule has 72 valence electrons. The summed E-state index contributed by atoms with van der Waals surface area (Å²) >= 11 is 14.8. The van der Waals surface area contributed by atoms with Gasteiger partial charge < -0.3 is 50.5 Å². The van der Waals surface area contributed by atoms with Crippen LogP contribution in [0.4, 0.5) is 0 Å². The fourth-order valence-corrected chi connectivity index (χ4v) is 0. The van der Waals surface area contributed by atoms with Gasteiger partial charge in [-0.05, 0) is 0 Å². The van der Waals surface area contributed by atoms with E-state index in [1.54, 1.807) is 0 Å². The van der Waals surface area contributed by atoms with Gasteiger partial charge in [0.05, 0.1) is 0 Å². The number of hydrogen-bond acceptors (Lipinski definition) is 8. The Hall–Kier alpha value is -0.666. The van der Waals surface area contributed by atoms with E-state index in [9.17, 15) is 0 Å². The number of rotatable bonds is 0. The summed E-state index contributed by atoms with van der Waals surface area (Å²) in [4.78, 5) is 0. The Morgan fingerprint density at radius 1 is 0.538 bits per heavy atom. The van der Waals surface area contributed by atoms with Crippen LogP contribution in [0.15, 0.2) is 0 Å². The average molecular weight is 291 g/mol. The average Bonchev–Trinajstić information content (AvgIpc) is 1.92. The maximum absolute atomic E-state index is 7.13. The minimum atomic E-state index is 0. The molecule has 0 saturated heterocycles. The van der Waals surface area contributed by atoms with Gasteiger partial charge in [0.15, 0.2) is 0 Å². The molecule has 0 aliphatic carbocycles. The smallest absolute Gasteiger partial charge is 0.696 e. The van der Waals surface area contributed by atoms with E-state index >= 15 is 0 Å². The summed E-state index contributed by atoms with van der Waals surface area (Å²) in [5.74, 6) is 0. The minimum absolute atomic E-state index is 0. The van der Waals surface area contributed by atoms with Crippen molar-refractivity contribution in [1.29, 1.82) is 21.0 Å². The first-order valence-corrected chi connectivity index (χ1v) is 3.34. The molecule has 0 spiro atoms. The maximum atomic E-state index is 7.13. The van der Waals surface area contributed by atoms with Crippen molar-refractivity contribution >= 4 is 50.5 Å². The predicted octanol–water partition coefficient (Wildman–Crippen LogP) is 0.0550. The van der Waals surface area contributed by atoms with Crippen molar-refractivity contribution in [3.05, 3.63) is 0 Å². The number of hydrogen-bond donors (Lipinski definition) is 0. The third-order valence-electron chi connectivity index (χ3n) is 0. The van der Waals surface area contributed by atoms with Gasteiger partial charge in [-0.25, -0.2) is 21.0 Å². The zero-order chi connectivity index (χ0) is 10.8. The zero-order valence-electron chi connectivity index (χ0n) is 5.74. The molecule has 0 atom stereocenters. The molecule has 0 aromatic heterocycles. The molecule has 0 fully saturated rings. The van der Waals surface area contributed by atoms with Crippen LogP contribution in [-0.2, 0) is 67.0 Å². The molecule has 0 saturated carbocycles. The van der Waals surface area contributed by atoms with Gasteiger partial charge in [0.2, 0.25) is 0 Å². The largest absolute Gasteiger partial charge is 2.00 e. The molecule has 4 nitrogen and oxygen atoms in total. The van der Waals surface area contributed by atoms with E-state index in [4.69, 9.17) is 21.0 Å². The van der Waals surface area contributed by atoms with Gasteiger partial charge in [-0.2, -0.15) is 0 Å². The van der Waals surface area contributed by atoms with E-state index in [0.29, 0.717) is 0 Å². The number of nitrogens with zero attached hydrogens (tertiary/aromatic N) is 4. The first kappa shape index (κ1) is 29.5. The van der Waals surface area contributed by atoms with Gasteiger partial charge in [-0.15, -0.1) is 0 Å². The van der Waals surface area contributed by atoms with E-state index in [-0.39, 0.29) is 16.5 Å². The topological polar surface area (TPSA) is 95.2 Å². The van der Waals surface area contributed by atoms with Gasteiger partial charge in [-0.3, -0.25) is 0 Å². The van der Waals surface area contributed by atoms with Crippen molar-refractivity contribution < 1.29 is 16.5 Å². The van der Waals surface area contributed by atoms with Crippen molar-refractivity contribution in [2.75, 3.05) is 0 Å². The third kappa shape index (κ3) is 2220. The maximum Gasteiger partial charge on any atom is 2.00 e. The van der Waals surface area contributed by atoms with Crippen LogP contribution in [-0.4, -0.2) is 0 Å². The van der Waals surface area contributed by atoms with E-state index < -0.39 is 0 Å². The summed E-state index contributed by atoms with van der Waals surface area (Å²) < 4.78 is 0. The van der Waals surface area contributed by atoms with Crippen LogP contribution in [0.25, 0.3) is 0 Å². The molecule has 0 bridgehead atoms. The molecular formula is C4N4NiS4-2. The monoisotopic (exact) mass is 290 g/mol. The van der Waals surface area contributed by atoms with Crippen LogP contribution in [0.2, 0.25) is 0 Å². The van der Waals surface area contributed by atoms with E-state index in [2.05, 4.69) is 50.5 Å². The van der Waals surface area contributed by atoms with Crippen LogP contribution in [0.3, 0.4) is 0 Å². The van der Waals surface area contributed by atoms with Crippen molar-refractivity contribution in [1.82, 2.24) is 0 Å². The first-order chi connectivity index (χ1) is 5.66. The van der Waals surface area contributed by atoms with Gasteiger partial charge in [0.25, 0.3) is 0 Å². The Labute approximate surface area is 109 Å². The fraction of sp³-hybridized carbons (Fsp3) is 0. The van der Waals surface area contributed by atoms with Gasteiger partial charge in [0.1, 0.15) is 0 Å². The van der Waals surface area contributed by atoms with Gasteiger partial charge in [-0.1, -0.05) is 21.6 Å². The normalized spacial score (nSPS) is 2.15. The summed E-state index contributed by atoms with van der Waals surface area (Å²) in [6, 6.07) is 0. The molecule has 0 unspecified atom stereocenters. The molecule has 13 heavy (non-hydrogen) atoms. The second kappa shape index (κ2) is 109. The third-order valence-corrected chi connectivity index (χ3v) is 0.